The van der Waals surface area contributed by atoms with E-state index in [1.807, 2.05) is 34.0 Å². The molecule has 2 nitrogen and oxygen atoms in total. The standard InChI is InChI=1S/C84H46N2S3/c1-3-19-53-51(17-1)65-41-47(49-25-13-27-61-63-29-15-35-77(83(63)88-81(49)61)85-73-31-9-5-21-57(73)58-22-6-10-32-74(58)85)37-39-55(65)69-45-79-71(43-67(53)69)72-44-68-54-20-4-2-18-52(54)66-42-48(38-40-56(66)70(68)46-80(72)87-79)50-26-14-28-62-64-30-16-36-78(84(64)89-82(50)62)86-75-33-11-7-23-59(75)60-24-8-12-34-76(60)86/h1-46H. The van der Waals surface area contributed by atoms with Crippen LogP contribution in [0.25, 0.3) is 202 Å². The van der Waals surface area contributed by atoms with Crippen LogP contribution in [0.3, 0.4) is 0 Å². The first-order valence-electron chi connectivity index (χ1n) is 30.5. The van der Waals surface area contributed by atoms with Gasteiger partial charge in [0.15, 0.2) is 0 Å². The van der Waals surface area contributed by atoms with Crippen molar-refractivity contribution >= 4 is 203 Å². The van der Waals surface area contributed by atoms with Crippen LogP contribution in [-0.2, 0) is 0 Å². The summed E-state index contributed by atoms with van der Waals surface area (Å²) in [5.74, 6) is 0. The molecule has 410 valence electrons. The van der Waals surface area contributed by atoms with Gasteiger partial charge in [-0.1, -0.05) is 206 Å². The summed E-state index contributed by atoms with van der Waals surface area (Å²) in [4.78, 5) is 0. The number of fused-ring (bicyclic) bond motifs is 27. The maximum Gasteiger partial charge on any atom is 0.0640 e. The molecule has 5 aromatic heterocycles. The second-order valence-corrected chi connectivity index (χ2v) is 27.2. The highest BCUT2D eigenvalue weighted by molar-refractivity contribution is 7.27. The molecule has 0 atom stereocenters. The molecule has 5 heterocycles. The first kappa shape index (κ1) is 48.5. The molecule has 89 heavy (non-hydrogen) atoms. The third kappa shape index (κ3) is 6.63. The van der Waals surface area contributed by atoms with Crippen LogP contribution >= 0.6 is 34.0 Å². The Hall–Kier alpha value is -10.7. The fourth-order valence-electron chi connectivity index (χ4n) is 15.8. The monoisotopic (exact) mass is 1180 g/mol. The van der Waals surface area contributed by atoms with Gasteiger partial charge in [-0.05, 0) is 160 Å². The summed E-state index contributed by atoms with van der Waals surface area (Å²) in [6.07, 6.45) is 0. The van der Waals surface area contributed by atoms with Crippen molar-refractivity contribution in [2.45, 2.75) is 0 Å². The number of hydrogen-bond acceptors (Lipinski definition) is 3. The van der Waals surface area contributed by atoms with Crippen LogP contribution in [-0.4, -0.2) is 9.13 Å². The van der Waals surface area contributed by atoms with Crippen molar-refractivity contribution < 1.29 is 0 Å². The summed E-state index contributed by atoms with van der Waals surface area (Å²) < 4.78 is 12.8. The SMILES string of the molecule is c1cc(-c2ccc3c(c2)c2ccccc2c2cc4c(cc32)sc2cc3c5ccc(-c6cccc7c6sc6c(-n8c9ccccc9c9ccccc98)cccc67)cc5c5ccccc5c3cc24)c2sc3c(-n4c5ccccc5c5ccccc54)cccc3c2c1. The fourth-order valence-corrected chi connectivity index (χ4v) is 19.6. The molecule has 0 bridgehead atoms. The highest BCUT2D eigenvalue weighted by atomic mass is 32.1. The Kier molecular flexibility index (Phi) is 9.79. The molecule has 0 saturated heterocycles. The molecule has 0 saturated carbocycles. The van der Waals surface area contributed by atoms with E-state index in [2.05, 4.69) is 288 Å². The normalized spacial score (nSPS) is 12.5. The van der Waals surface area contributed by atoms with Crippen LogP contribution in [0.15, 0.2) is 279 Å². The van der Waals surface area contributed by atoms with Crippen molar-refractivity contribution in [3.8, 4) is 33.6 Å². The van der Waals surface area contributed by atoms with Gasteiger partial charge in [-0.3, -0.25) is 0 Å². The lowest BCUT2D eigenvalue weighted by atomic mass is 9.90. The molecule has 0 aliphatic rings. The molecule has 0 N–H and O–H groups in total. The van der Waals surface area contributed by atoms with Gasteiger partial charge in [-0.15, -0.1) is 34.0 Å². The molecule has 0 unspecified atom stereocenters. The topological polar surface area (TPSA) is 9.86 Å². The third-order valence-electron chi connectivity index (χ3n) is 19.7. The minimum Gasteiger partial charge on any atom is -0.308 e. The van der Waals surface area contributed by atoms with Crippen molar-refractivity contribution in [1.29, 1.82) is 0 Å². The summed E-state index contributed by atoms with van der Waals surface area (Å²) in [6.45, 7) is 0. The van der Waals surface area contributed by atoms with Crippen LogP contribution in [0, 0.1) is 0 Å². The second kappa shape index (κ2) is 18.0. The average Bonchev–Trinajstić information content (AvgIpc) is 1.82. The molecule has 0 aliphatic heterocycles. The zero-order chi connectivity index (χ0) is 57.7. The molecule has 0 amide bonds. The first-order valence-corrected chi connectivity index (χ1v) is 33.0. The summed E-state index contributed by atoms with van der Waals surface area (Å²) in [5.41, 5.74) is 12.4. The Balaban J connectivity index is 0.714. The minimum atomic E-state index is 1.23. The number of para-hydroxylation sites is 4. The van der Waals surface area contributed by atoms with Gasteiger partial charge < -0.3 is 9.13 Å². The van der Waals surface area contributed by atoms with E-state index in [0.717, 1.165) is 0 Å². The summed E-state index contributed by atoms with van der Waals surface area (Å²) in [7, 11) is 0. The number of aromatic nitrogens is 2. The van der Waals surface area contributed by atoms with E-state index in [4.69, 9.17) is 0 Å². The second-order valence-electron chi connectivity index (χ2n) is 24.1. The van der Waals surface area contributed by atoms with E-state index < -0.39 is 0 Å². The van der Waals surface area contributed by atoms with Crippen LogP contribution < -0.4 is 0 Å². The zero-order valence-corrected chi connectivity index (χ0v) is 50.1. The smallest absolute Gasteiger partial charge is 0.0640 e. The number of nitrogens with zero attached hydrogens (tertiary/aromatic N) is 2. The minimum absolute atomic E-state index is 1.23. The Morgan fingerprint density at radius 1 is 0.180 bits per heavy atom. The molecule has 0 aliphatic carbocycles. The van der Waals surface area contributed by atoms with E-state index in [1.54, 1.807) is 0 Å². The van der Waals surface area contributed by atoms with Gasteiger partial charge in [0.25, 0.3) is 0 Å². The quantitative estimate of drug-likeness (QED) is 0.155. The van der Waals surface area contributed by atoms with Crippen molar-refractivity contribution in [3.63, 3.8) is 0 Å². The van der Waals surface area contributed by atoms with E-state index in [9.17, 15) is 0 Å². The Labute approximate surface area is 520 Å². The summed E-state index contributed by atoms with van der Waals surface area (Å²) in [6, 6.07) is 105. The van der Waals surface area contributed by atoms with Crippen molar-refractivity contribution in [1.82, 2.24) is 9.13 Å². The van der Waals surface area contributed by atoms with Crippen LogP contribution in [0.4, 0.5) is 0 Å². The lowest BCUT2D eigenvalue weighted by Gasteiger charge is -2.13. The molecular formula is C84H46N2S3. The van der Waals surface area contributed by atoms with E-state index in [1.165, 1.54) is 202 Å². The number of hydrogen-bond donors (Lipinski definition) is 0. The maximum absolute atomic E-state index is 2.51. The lowest BCUT2D eigenvalue weighted by Crippen LogP contribution is -1.93. The molecule has 16 aromatic carbocycles. The maximum atomic E-state index is 2.51. The molecule has 21 aromatic rings. The van der Waals surface area contributed by atoms with Crippen molar-refractivity contribution in [3.05, 3.63) is 279 Å². The summed E-state index contributed by atoms with van der Waals surface area (Å²) >= 11 is 5.77. The van der Waals surface area contributed by atoms with Crippen LogP contribution in [0.5, 0.6) is 0 Å². The predicted molar refractivity (Wildman–Crippen MR) is 390 cm³/mol. The van der Waals surface area contributed by atoms with Gasteiger partial charge >= 0.3 is 0 Å². The molecule has 0 fully saturated rings. The average molecular weight is 1180 g/mol. The predicted octanol–water partition coefficient (Wildman–Crippen LogP) is 25.2. The van der Waals surface area contributed by atoms with Gasteiger partial charge in [0, 0.05) is 72.7 Å². The Bertz CT molecular complexity index is 6230. The number of rotatable bonds is 4. The molecule has 0 radical (unpaired) electrons. The zero-order valence-electron chi connectivity index (χ0n) is 47.7. The number of thiophene rings is 3. The van der Waals surface area contributed by atoms with Crippen molar-refractivity contribution in [2.75, 3.05) is 0 Å². The molecule has 0 spiro atoms. The highest BCUT2D eigenvalue weighted by Gasteiger charge is 2.23. The Morgan fingerprint density at radius 2 is 0.472 bits per heavy atom. The van der Waals surface area contributed by atoms with Gasteiger partial charge in [0.1, 0.15) is 0 Å². The van der Waals surface area contributed by atoms with Crippen molar-refractivity contribution in [2.24, 2.45) is 0 Å². The Morgan fingerprint density at radius 3 is 0.854 bits per heavy atom. The summed E-state index contributed by atoms with van der Waals surface area (Å²) in [5, 5.41) is 28.4. The van der Waals surface area contributed by atoms with Gasteiger partial charge in [0.05, 0.1) is 42.8 Å². The largest absolute Gasteiger partial charge is 0.308 e. The van der Waals surface area contributed by atoms with Crippen LogP contribution in [0.2, 0.25) is 0 Å². The highest BCUT2D eigenvalue weighted by Crippen LogP contribution is 2.50. The fraction of sp³-hybridized carbons (Fsp3) is 0. The molecule has 21 rings (SSSR count). The third-order valence-corrected chi connectivity index (χ3v) is 23.3. The molecular weight excluding hydrogens is 1130 g/mol. The first-order chi connectivity index (χ1) is 44.1. The van der Waals surface area contributed by atoms with E-state index >= 15 is 0 Å². The van der Waals surface area contributed by atoms with Crippen LogP contribution in [0.1, 0.15) is 0 Å². The van der Waals surface area contributed by atoms with Gasteiger partial charge in [0.2, 0.25) is 0 Å². The van der Waals surface area contributed by atoms with Gasteiger partial charge in [-0.25, -0.2) is 0 Å². The van der Waals surface area contributed by atoms with E-state index in [0.29, 0.717) is 0 Å². The lowest BCUT2D eigenvalue weighted by molar-refractivity contribution is 1.20. The molecule has 5 heteroatoms. The number of benzene rings is 16. The van der Waals surface area contributed by atoms with Gasteiger partial charge in [-0.2, -0.15) is 0 Å². The van der Waals surface area contributed by atoms with E-state index in [-0.39, 0.29) is 0 Å².